The quantitative estimate of drug-likeness (QED) is 0.595. The summed E-state index contributed by atoms with van der Waals surface area (Å²) in [6.45, 7) is 1.19. The fourth-order valence-electron chi connectivity index (χ4n) is 3.82. The van der Waals surface area contributed by atoms with Gasteiger partial charge in [-0.05, 0) is 56.2 Å². The van der Waals surface area contributed by atoms with Crippen LogP contribution in [-0.2, 0) is 29.4 Å². The van der Waals surface area contributed by atoms with Crippen LogP contribution in [-0.4, -0.2) is 29.5 Å². The van der Waals surface area contributed by atoms with Gasteiger partial charge in [-0.2, -0.15) is 0 Å². The number of nitrogens with zero attached hydrogens (tertiary/aromatic N) is 3. The first-order valence-corrected chi connectivity index (χ1v) is 11.2. The molecule has 28 heavy (non-hydrogen) atoms. The summed E-state index contributed by atoms with van der Waals surface area (Å²) in [6, 6.07) is 8.44. The molecule has 0 amide bonds. The van der Waals surface area contributed by atoms with Crippen molar-refractivity contribution in [1.29, 1.82) is 0 Å². The van der Waals surface area contributed by atoms with Gasteiger partial charge in [0.15, 0.2) is 5.82 Å². The van der Waals surface area contributed by atoms with E-state index in [1.807, 2.05) is 6.33 Å². The minimum absolute atomic E-state index is 0.296. The highest BCUT2D eigenvalue weighted by molar-refractivity contribution is 7.89. The second-order valence-corrected chi connectivity index (χ2v) is 8.95. The van der Waals surface area contributed by atoms with Crippen LogP contribution in [0.1, 0.15) is 36.9 Å². The van der Waals surface area contributed by atoms with E-state index in [1.165, 1.54) is 12.0 Å². The molecule has 1 aliphatic carbocycles. The fraction of sp³-hybridized carbons (Fsp3) is 0.400. The average Bonchev–Trinajstić information content (AvgIpc) is 3.13. The second kappa shape index (κ2) is 7.89. The van der Waals surface area contributed by atoms with Crippen LogP contribution in [0.25, 0.3) is 11.0 Å². The van der Waals surface area contributed by atoms with Gasteiger partial charge in [-0.15, -0.1) is 0 Å². The van der Waals surface area contributed by atoms with Gasteiger partial charge in [0.1, 0.15) is 5.52 Å². The van der Waals surface area contributed by atoms with Gasteiger partial charge >= 0.3 is 0 Å². The number of fused-ring (bicyclic) bond motifs is 3. The highest BCUT2D eigenvalue weighted by atomic mass is 32.2. The summed E-state index contributed by atoms with van der Waals surface area (Å²) < 4.78 is 29.3. The van der Waals surface area contributed by atoms with Crippen LogP contribution in [0.15, 0.2) is 41.6 Å². The number of hydrogen-bond donors (Lipinski definition) is 2. The first kappa shape index (κ1) is 18.9. The molecule has 0 saturated carbocycles. The van der Waals surface area contributed by atoms with Crippen molar-refractivity contribution in [2.75, 3.05) is 12.3 Å². The zero-order valence-electron chi connectivity index (χ0n) is 15.8. The molecular formula is C20H25N5O2S. The summed E-state index contributed by atoms with van der Waals surface area (Å²) >= 11 is 0. The molecule has 1 aromatic carbocycles. The van der Waals surface area contributed by atoms with Crippen LogP contribution >= 0.6 is 0 Å². The van der Waals surface area contributed by atoms with E-state index in [1.54, 1.807) is 30.3 Å². The fourth-order valence-corrected chi connectivity index (χ4v) is 4.91. The number of nitrogens with two attached hydrogens (primary N) is 1. The standard InChI is InChI=1S/C20H25N5O2S/c21-20-18-19(16-10-4-5-11-17(16)24-20)25(14-22-18)13-7-6-12-23-28(26,27)15-8-2-1-3-9-15/h1-3,8-9,14,23H,4-7,10-13H2,(H2,21,24). The lowest BCUT2D eigenvalue weighted by molar-refractivity contribution is 0.568. The van der Waals surface area contributed by atoms with Crippen molar-refractivity contribution in [2.24, 2.45) is 0 Å². The number of benzene rings is 1. The zero-order valence-corrected chi connectivity index (χ0v) is 16.6. The molecule has 2 aromatic heterocycles. The molecular weight excluding hydrogens is 374 g/mol. The number of sulfonamides is 1. The number of pyridine rings is 1. The lowest BCUT2D eigenvalue weighted by atomic mass is 9.95. The second-order valence-electron chi connectivity index (χ2n) is 7.18. The number of unbranched alkanes of at least 4 members (excludes halogenated alkanes) is 1. The number of aromatic nitrogens is 3. The van der Waals surface area contributed by atoms with Gasteiger partial charge in [0, 0.05) is 18.8 Å². The number of aryl methyl sites for hydroxylation is 3. The molecule has 0 bridgehead atoms. The smallest absolute Gasteiger partial charge is 0.240 e. The molecule has 0 unspecified atom stereocenters. The molecule has 3 aromatic rings. The minimum Gasteiger partial charge on any atom is -0.382 e. The number of nitrogens with one attached hydrogen (secondary N) is 1. The summed E-state index contributed by atoms with van der Waals surface area (Å²) in [5.41, 5.74) is 10.4. The molecule has 0 atom stereocenters. The van der Waals surface area contributed by atoms with Gasteiger partial charge in [-0.25, -0.2) is 23.1 Å². The maximum absolute atomic E-state index is 12.2. The molecule has 1 aliphatic rings. The molecule has 4 rings (SSSR count). The molecule has 2 heterocycles. The summed E-state index contributed by atoms with van der Waals surface area (Å²) in [5, 5.41) is 0. The van der Waals surface area contributed by atoms with Gasteiger partial charge in [0.2, 0.25) is 10.0 Å². The van der Waals surface area contributed by atoms with Crippen molar-refractivity contribution in [3.63, 3.8) is 0 Å². The normalized spacial score (nSPS) is 14.3. The number of rotatable bonds is 7. The number of hydrogen-bond acceptors (Lipinski definition) is 5. The molecule has 0 fully saturated rings. The predicted molar refractivity (Wildman–Crippen MR) is 109 cm³/mol. The third kappa shape index (κ3) is 3.74. The van der Waals surface area contributed by atoms with Gasteiger partial charge in [-0.1, -0.05) is 18.2 Å². The van der Waals surface area contributed by atoms with Crippen molar-refractivity contribution in [2.45, 2.75) is 50.0 Å². The molecule has 0 spiro atoms. The van der Waals surface area contributed by atoms with Crippen LogP contribution in [0.2, 0.25) is 0 Å². The number of nitrogen functional groups attached to an aromatic ring is 1. The lowest BCUT2D eigenvalue weighted by Crippen LogP contribution is -2.24. The van der Waals surface area contributed by atoms with E-state index in [4.69, 9.17) is 5.73 Å². The Balaban J connectivity index is 1.39. The predicted octanol–water partition coefficient (Wildman–Crippen LogP) is 2.65. The maximum atomic E-state index is 12.2. The Hall–Kier alpha value is -2.45. The zero-order chi connectivity index (χ0) is 19.6. The monoisotopic (exact) mass is 399 g/mol. The first-order valence-electron chi connectivity index (χ1n) is 9.73. The highest BCUT2D eigenvalue weighted by Gasteiger charge is 2.19. The van der Waals surface area contributed by atoms with Crippen molar-refractivity contribution in [3.8, 4) is 0 Å². The topological polar surface area (TPSA) is 103 Å². The number of anilines is 1. The van der Waals surface area contributed by atoms with Crippen molar-refractivity contribution in [3.05, 3.63) is 47.9 Å². The van der Waals surface area contributed by atoms with Crippen LogP contribution in [0.5, 0.6) is 0 Å². The summed E-state index contributed by atoms with van der Waals surface area (Å²) in [7, 11) is -3.44. The Kier molecular flexibility index (Phi) is 5.32. The van der Waals surface area contributed by atoms with Crippen LogP contribution in [0.3, 0.4) is 0 Å². The van der Waals surface area contributed by atoms with E-state index in [2.05, 4.69) is 19.3 Å². The van der Waals surface area contributed by atoms with Crippen molar-refractivity contribution < 1.29 is 8.42 Å². The molecule has 148 valence electrons. The van der Waals surface area contributed by atoms with Gasteiger partial charge in [0.25, 0.3) is 0 Å². The van der Waals surface area contributed by atoms with E-state index in [-0.39, 0.29) is 0 Å². The van der Waals surface area contributed by atoms with Crippen LogP contribution in [0, 0.1) is 0 Å². The SMILES string of the molecule is Nc1nc2c(c3c1ncn3CCCCNS(=O)(=O)c1ccccc1)CCCC2. The maximum Gasteiger partial charge on any atom is 0.240 e. The Morgan fingerprint density at radius 2 is 1.89 bits per heavy atom. The molecule has 0 aliphatic heterocycles. The Bertz CT molecular complexity index is 1080. The first-order chi connectivity index (χ1) is 13.6. The number of imidazole rings is 1. The molecule has 7 nitrogen and oxygen atoms in total. The minimum atomic E-state index is -3.44. The lowest BCUT2D eigenvalue weighted by Gasteiger charge is -2.17. The van der Waals surface area contributed by atoms with Crippen LogP contribution in [0.4, 0.5) is 5.82 Å². The molecule has 0 radical (unpaired) electrons. The molecule has 0 saturated heterocycles. The summed E-state index contributed by atoms with van der Waals surface area (Å²) in [4.78, 5) is 9.31. The Morgan fingerprint density at radius 1 is 1.11 bits per heavy atom. The van der Waals surface area contributed by atoms with Gasteiger partial charge in [0.05, 0.1) is 16.7 Å². The highest BCUT2D eigenvalue weighted by Crippen LogP contribution is 2.30. The average molecular weight is 400 g/mol. The van der Waals surface area contributed by atoms with Gasteiger partial charge < -0.3 is 10.3 Å². The Morgan fingerprint density at radius 3 is 2.71 bits per heavy atom. The molecule has 3 N–H and O–H groups in total. The van der Waals surface area contributed by atoms with E-state index < -0.39 is 10.0 Å². The van der Waals surface area contributed by atoms with E-state index in [9.17, 15) is 8.42 Å². The largest absolute Gasteiger partial charge is 0.382 e. The summed E-state index contributed by atoms with van der Waals surface area (Å²) in [5.74, 6) is 0.505. The van der Waals surface area contributed by atoms with Crippen molar-refractivity contribution >= 4 is 26.9 Å². The summed E-state index contributed by atoms with van der Waals surface area (Å²) in [6.07, 6.45) is 7.73. The van der Waals surface area contributed by atoms with E-state index >= 15 is 0 Å². The Labute approximate surface area is 165 Å². The van der Waals surface area contributed by atoms with Gasteiger partial charge in [-0.3, -0.25) is 0 Å². The van der Waals surface area contributed by atoms with E-state index in [0.29, 0.717) is 17.3 Å². The van der Waals surface area contributed by atoms with Crippen molar-refractivity contribution in [1.82, 2.24) is 19.3 Å². The third-order valence-electron chi connectivity index (χ3n) is 5.23. The van der Waals surface area contributed by atoms with E-state index in [0.717, 1.165) is 55.4 Å². The molecule has 8 heteroatoms. The third-order valence-corrected chi connectivity index (χ3v) is 6.71. The van der Waals surface area contributed by atoms with Crippen LogP contribution < -0.4 is 10.5 Å².